The van der Waals surface area contributed by atoms with Gasteiger partial charge >= 0.3 is 0 Å². The van der Waals surface area contributed by atoms with Crippen LogP contribution in [0, 0.1) is 0 Å². The van der Waals surface area contributed by atoms with Crippen LogP contribution in [-0.2, 0) is 9.53 Å². The second kappa shape index (κ2) is 8.87. The number of amides is 1. The summed E-state index contributed by atoms with van der Waals surface area (Å²) in [4.78, 5) is 14.1. The van der Waals surface area contributed by atoms with Crippen LogP contribution in [0.4, 0.5) is 0 Å². The molecule has 1 aromatic rings. The van der Waals surface area contributed by atoms with Crippen LogP contribution < -0.4 is 10.5 Å². The summed E-state index contributed by atoms with van der Waals surface area (Å²) < 4.78 is 10.9. The van der Waals surface area contributed by atoms with Gasteiger partial charge in [0.1, 0.15) is 5.75 Å². The van der Waals surface area contributed by atoms with Gasteiger partial charge in [-0.15, -0.1) is 12.4 Å². The summed E-state index contributed by atoms with van der Waals surface area (Å²) in [6.45, 7) is 1.19. The summed E-state index contributed by atoms with van der Waals surface area (Å²) >= 11 is 0. The minimum Gasteiger partial charge on any atom is -0.484 e. The van der Waals surface area contributed by atoms with Crippen LogP contribution in [0.1, 0.15) is 12.8 Å². The first-order valence-electron chi connectivity index (χ1n) is 6.94. The van der Waals surface area contributed by atoms with Gasteiger partial charge in [0.25, 0.3) is 5.91 Å². The van der Waals surface area contributed by atoms with Gasteiger partial charge in [-0.05, 0) is 25.0 Å². The lowest BCUT2D eigenvalue weighted by atomic mass is 9.99. The number of likely N-dealkylation sites (tertiary alicyclic amines) is 1. The number of halogens is 1. The SMILES string of the molecule is COC1CCN(C(=O)COc2ccccc2)C(CN)C1.Cl. The molecule has 2 unspecified atom stereocenters. The van der Waals surface area contributed by atoms with Crippen molar-refractivity contribution in [1.29, 1.82) is 0 Å². The standard InChI is InChI=1S/C15H22N2O3.ClH/c1-19-14-7-8-17(12(9-14)10-16)15(18)11-20-13-5-3-2-4-6-13;/h2-6,12,14H,7-11,16H2,1H3;1H. The Morgan fingerprint density at radius 1 is 1.38 bits per heavy atom. The quantitative estimate of drug-likeness (QED) is 0.893. The lowest BCUT2D eigenvalue weighted by molar-refractivity contribution is -0.139. The van der Waals surface area contributed by atoms with E-state index in [9.17, 15) is 4.79 Å². The number of carbonyl (C=O) groups excluding carboxylic acids is 1. The number of methoxy groups -OCH3 is 1. The van der Waals surface area contributed by atoms with Crippen molar-refractivity contribution in [3.8, 4) is 5.75 Å². The molecule has 1 saturated heterocycles. The summed E-state index contributed by atoms with van der Waals surface area (Å²) in [7, 11) is 1.70. The average molecular weight is 315 g/mol. The van der Waals surface area contributed by atoms with Gasteiger partial charge in [0, 0.05) is 26.2 Å². The number of piperidine rings is 1. The molecule has 2 atom stereocenters. The maximum Gasteiger partial charge on any atom is 0.260 e. The Morgan fingerprint density at radius 2 is 2.10 bits per heavy atom. The van der Waals surface area contributed by atoms with Crippen LogP contribution in [0.3, 0.4) is 0 Å². The maximum absolute atomic E-state index is 12.2. The number of para-hydroxylation sites is 1. The van der Waals surface area contributed by atoms with Gasteiger partial charge in [0.15, 0.2) is 6.61 Å². The van der Waals surface area contributed by atoms with E-state index in [1.807, 2.05) is 35.2 Å². The molecule has 2 N–H and O–H groups in total. The Balaban J connectivity index is 0.00000220. The van der Waals surface area contributed by atoms with Gasteiger partial charge in [-0.2, -0.15) is 0 Å². The van der Waals surface area contributed by atoms with Crippen molar-refractivity contribution in [1.82, 2.24) is 4.90 Å². The molecule has 1 aliphatic heterocycles. The van der Waals surface area contributed by atoms with E-state index in [0.717, 1.165) is 12.8 Å². The molecule has 118 valence electrons. The van der Waals surface area contributed by atoms with E-state index in [4.69, 9.17) is 15.2 Å². The second-order valence-electron chi connectivity index (χ2n) is 4.96. The zero-order valence-electron chi connectivity index (χ0n) is 12.2. The smallest absolute Gasteiger partial charge is 0.260 e. The molecule has 1 fully saturated rings. The number of nitrogens with two attached hydrogens (primary N) is 1. The third-order valence-electron chi connectivity index (χ3n) is 3.70. The normalized spacial score (nSPS) is 21.5. The molecule has 0 saturated carbocycles. The summed E-state index contributed by atoms with van der Waals surface area (Å²) in [6, 6.07) is 9.39. The van der Waals surface area contributed by atoms with Gasteiger partial charge in [0.05, 0.1) is 6.10 Å². The van der Waals surface area contributed by atoms with E-state index >= 15 is 0 Å². The molecule has 0 spiro atoms. The predicted octanol–water partition coefficient (Wildman–Crippen LogP) is 1.45. The van der Waals surface area contributed by atoms with Gasteiger partial charge in [-0.25, -0.2) is 0 Å². The summed E-state index contributed by atoms with van der Waals surface area (Å²) in [5, 5.41) is 0. The molecular weight excluding hydrogens is 292 g/mol. The van der Waals surface area contributed by atoms with Gasteiger partial charge in [-0.3, -0.25) is 4.79 Å². The monoisotopic (exact) mass is 314 g/mol. The molecule has 1 aromatic carbocycles. The van der Waals surface area contributed by atoms with Crippen molar-refractivity contribution in [3.63, 3.8) is 0 Å². The highest BCUT2D eigenvalue weighted by Gasteiger charge is 2.30. The summed E-state index contributed by atoms with van der Waals surface area (Å²) in [6.07, 6.45) is 1.84. The van der Waals surface area contributed by atoms with Crippen molar-refractivity contribution in [2.45, 2.75) is 25.0 Å². The number of nitrogens with zero attached hydrogens (tertiary/aromatic N) is 1. The second-order valence-corrected chi connectivity index (χ2v) is 4.96. The average Bonchev–Trinajstić information content (AvgIpc) is 2.52. The summed E-state index contributed by atoms with van der Waals surface area (Å²) in [5.41, 5.74) is 5.77. The molecule has 0 aliphatic carbocycles. The highest BCUT2D eigenvalue weighted by molar-refractivity contribution is 5.85. The molecule has 1 heterocycles. The van der Waals surface area contributed by atoms with Crippen molar-refractivity contribution >= 4 is 18.3 Å². The van der Waals surface area contributed by atoms with Crippen molar-refractivity contribution in [3.05, 3.63) is 30.3 Å². The third kappa shape index (κ3) is 4.88. The van der Waals surface area contributed by atoms with E-state index in [-0.39, 0.29) is 37.1 Å². The Bertz CT molecular complexity index is 430. The molecule has 1 aliphatic rings. The first kappa shape index (κ1) is 17.8. The molecule has 0 aromatic heterocycles. The number of ether oxygens (including phenoxy) is 2. The largest absolute Gasteiger partial charge is 0.484 e. The first-order valence-corrected chi connectivity index (χ1v) is 6.94. The Kier molecular flexibility index (Phi) is 7.50. The van der Waals surface area contributed by atoms with Crippen LogP contribution >= 0.6 is 12.4 Å². The zero-order chi connectivity index (χ0) is 14.4. The molecule has 6 heteroatoms. The highest BCUT2D eigenvalue weighted by Crippen LogP contribution is 2.19. The van der Waals surface area contributed by atoms with Gasteiger partial charge in [-0.1, -0.05) is 18.2 Å². The van der Waals surface area contributed by atoms with Crippen molar-refractivity contribution in [2.75, 3.05) is 26.8 Å². The Morgan fingerprint density at radius 3 is 2.71 bits per heavy atom. The molecule has 2 rings (SSSR count). The Hall–Kier alpha value is -1.30. The van der Waals surface area contributed by atoms with Crippen LogP contribution in [0.15, 0.2) is 30.3 Å². The molecule has 1 amide bonds. The maximum atomic E-state index is 12.2. The number of carbonyl (C=O) groups is 1. The number of hydrogen-bond donors (Lipinski definition) is 1. The third-order valence-corrected chi connectivity index (χ3v) is 3.70. The van der Waals surface area contributed by atoms with E-state index < -0.39 is 0 Å². The number of benzene rings is 1. The molecule has 21 heavy (non-hydrogen) atoms. The fourth-order valence-corrected chi connectivity index (χ4v) is 2.52. The van der Waals surface area contributed by atoms with E-state index in [2.05, 4.69) is 0 Å². The van der Waals surface area contributed by atoms with Crippen molar-refractivity contribution in [2.24, 2.45) is 5.73 Å². The minimum atomic E-state index is -0.0149. The lowest BCUT2D eigenvalue weighted by Gasteiger charge is -2.38. The molecule has 5 nitrogen and oxygen atoms in total. The fourth-order valence-electron chi connectivity index (χ4n) is 2.52. The van der Waals surface area contributed by atoms with E-state index in [0.29, 0.717) is 18.8 Å². The lowest BCUT2D eigenvalue weighted by Crippen LogP contribution is -2.52. The minimum absolute atomic E-state index is 0. The van der Waals surface area contributed by atoms with Crippen LogP contribution in [0.5, 0.6) is 5.75 Å². The predicted molar refractivity (Wildman–Crippen MR) is 83.8 cm³/mol. The summed E-state index contributed by atoms with van der Waals surface area (Å²) in [5.74, 6) is 0.691. The van der Waals surface area contributed by atoms with Gasteiger partial charge in [0.2, 0.25) is 0 Å². The van der Waals surface area contributed by atoms with E-state index in [1.54, 1.807) is 7.11 Å². The fraction of sp³-hybridized carbons (Fsp3) is 0.533. The zero-order valence-corrected chi connectivity index (χ0v) is 13.1. The number of rotatable bonds is 5. The van der Waals surface area contributed by atoms with Crippen LogP contribution in [0.25, 0.3) is 0 Å². The van der Waals surface area contributed by atoms with E-state index in [1.165, 1.54) is 0 Å². The topological polar surface area (TPSA) is 64.8 Å². The van der Waals surface area contributed by atoms with Crippen LogP contribution in [0.2, 0.25) is 0 Å². The van der Waals surface area contributed by atoms with Crippen LogP contribution in [-0.4, -0.2) is 49.8 Å². The number of hydrogen-bond acceptors (Lipinski definition) is 4. The van der Waals surface area contributed by atoms with Gasteiger partial charge < -0.3 is 20.1 Å². The van der Waals surface area contributed by atoms with Crippen molar-refractivity contribution < 1.29 is 14.3 Å². The first-order chi connectivity index (χ1) is 9.74. The highest BCUT2D eigenvalue weighted by atomic mass is 35.5. The molecule has 0 radical (unpaired) electrons. The molecular formula is C15H23ClN2O3. The molecule has 0 bridgehead atoms. The Labute approximate surface area is 131 Å².